The lowest BCUT2D eigenvalue weighted by Crippen LogP contribution is -2.52. The van der Waals surface area contributed by atoms with E-state index in [2.05, 4.69) is 42.5 Å². The Morgan fingerprint density at radius 2 is 2.10 bits per heavy atom. The van der Waals surface area contributed by atoms with Crippen LogP contribution in [0.15, 0.2) is 27.4 Å². The lowest BCUT2D eigenvalue weighted by atomic mass is 10.3. The second-order valence-corrected chi connectivity index (χ2v) is 7.37. The molecule has 0 unspecified atom stereocenters. The lowest BCUT2D eigenvalue weighted by Gasteiger charge is -2.36. The summed E-state index contributed by atoms with van der Waals surface area (Å²) < 4.78 is 4.90. The number of carbonyl (C=O) groups is 1. The summed E-state index contributed by atoms with van der Waals surface area (Å²) in [5.74, 6) is 0.813. The Kier molecular flexibility index (Phi) is 9.81. The zero-order valence-electron chi connectivity index (χ0n) is 16.8. The maximum absolute atomic E-state index is 12.1. The van der Waals surface area contributed by atoms with Crippen molar-refractivity contribution in [2.24, 2.45) is 4.99 Å². The fourth-order valence-electron chi connectivity index (χ4n) is 3.02. The molecule has 1 amide bonds. The predicted octanol–water partition coefficient (Wildman–Crippen LogP) is 1.57. The van der Waals surface area contributed by atoms with Crippen molar-refractivity contribution < 1.29 is 9.32 Å². The van der Waals surface area contributed by atoms with E-state index in [1.807, 2.05) is 13.0 Å². The van der Waals surface area contributed by atoms with Crippen LogP contribution in [0.1, 0.15) is 28.0 Å². The van der Waals surface area contributed by atoms with Gasteiger partial charge in [0, 0.05) is 51.9 Å². The van der Waals surface area contributed by atoms with Crippen LogP contribution in [0.2, 0.25) is 0 Å². The second kappa shape index (κ2) is 12.1. The van der Waals surface area contributed by atoms with Crippen LogP contribution < -0.4 is 10.6 Å². The predicted molar refractivity (Wildman–Crippen MR) is 124 cm³/mol. The Morgan fingerprint density at radius 1 is 1.31 bits per heavy atom. The highest BCUT2D eigenvalue weighted by molar-refractivity contribution is 14.0. The summed E-state index contributed by atoms with van der Waals surface area (Å²) in [6.07, 6.45) is 1.61. The topological polar surface area (TPSA) is 98.9 Å². The van der Waals surface area contributed by atoms with Gasteiger partial charge in [-0.1, -0.05) is 5.16 Å². The minimum Gasteiger partial charge on any atom is -0.364 e. The molecule has 1 aliphatic rings. The summed E-state index contributed by atoms with van der Waals surface area (Å²) in [6, 6.07) is 1.90. The Morgan fingerprint density at radius 3 is 2.72 bits per heavy atom. The molecule has 1 fully saturated rings. The number of hydrogen-bond donors (Lipinski definition) is 2. The minimum atomic E-state index is -0.0818. The van der Waals surface area contributed by atoms with E-state index in [9.17, 15) is 4.79 Å². The number of nitrogens with one attached hydrogen (secondary N) is 2. The Labute approximate surface area is 192 Å². The van der Waals surface area contributed by atoms with Crippen LogP contribution in [-0.4, -0.2) is 77.6 Å². The third kappa shape index (κ3) is 6.93. The standard InChI is InChI=1S/C18H27N7O2S.HI/c1-3-19-18(21-6-5-20-17(26)16-14(2)22-13-28-16)25-9-7-24(8-10-25)12-15-4-11-27-23-15;/h4,11,13H,3,5-10,12H2,1-2H3,(H,19,21)(H,20,26);1H. The van der Waals surface area contributed by atoms with Gasteiger partial charge < -0.3 is 20.1 Å². The van der Waals surface area contributed by atoms with Gasteiger partial charge in [0.05, 0.1) is 23.4 Å². The average Bonchev–Trinajstić information content (AvgIpc) is 3.36. The van der Waals surface area contributed by atoms with Crippen molar-refractivity contribution in [2.75, 3.05) is 45.8 Å². The molecule has 0 bridgehead atoms. The maximum atomic E-state index is 12.1. The first-order valence-electron chi connectivity index (χ1n) is 9.50. The number of rotatable bonds is 7. The summed E-state index contributed by atoms with van der Waals surface area (Å²) in [7, 11) is 0. The first kappa shape index (κ1) is 23.5. The van der Waals surface area contributed by atoms with E-state index in [0.717, 1.165) is 56.6 Å². The van der Waals surface area contributed by atoms with E-state index < -0.39 is 0 Å². The second-order valence-electron chi connectivity index (χ2n) is 6.51. The van der Waals surface area contributed by atoms with E-state index in [4.69, 9.17) is 4.52 Å². The minimum absolute atomic E-state index is 0. The number of guanidine groups is 1. The third-order valence-electron chi connectivity index (χ3n) is 4.49. The summed E-state index contributed by atoms with van der Waals surface area (Å²) in [6.45, 7) is 10.2. The third-order valence-corrected chi connectivity index (χ3v) is 5.42. The molecule has 2 aromatic rings. The molecule has 0 atom stereocenters. The number of amides is 1. The van der Waals surface area contributed by atoms with Gasteiger partial charge in [-0.15, -0.1) is 35.3 Å². The fraction of sp³-hybridized carbons (Fsp3) is 0.556. The van der Waals surface area contributed by atoms with Gasteiger partial charge in [-0.25, -0.2) is 4.98 Å². The maximum Gasteiger partial charge on any atom is 0.263 e. The average molecular weight is 533 g/mol. The van der Waals surface area contributed by atoms with Crippen molar-refractivity contribution in [3.05, 3.63) is 34.1 Å². The SMILES string of the molecule is CCNC(=NCCNC(=O)c1scnc1C)N1CCN(Cc2ccon2)CC1.I. The van der Waals surface area contributed by atoms with Gasteiger partial charge in [0.2, 0.25) is 0 Å². The highest BCUT2D eigenvalue weighted by Gasteiger charge is 2.20. The zero-order valence-corrected chi connectivity index (χ0v) is 19.9. The molecular weight excluding hydrogens is 505 g/mol. The molecule has 0 saturated carbocycles. The molecule has 160 valence electrons. The highest BCUT2D eigenvalue weighted by atomic mass is 127. The number of aliphatic imine (C=N–C) groups is 1. The van der Waals surface area contributed by atoms with Crippen LogP contribution in [0, 0.1) is 6.92 Å². The van der Waals surface area contributed by atoms with Crippen LogP contribution in [0.3, 0.4) is 0 Å². The van der Waals surface area contributed by atoms with Gasteiger partial charge in [0.15, 0.2) is 5.96 Å². The quantitative estimate of drug-likeness (QED) is 0.241. The van der Waals surface area contributed by atoms with Crippen LogP contribution in [0.4, 0.5) is 0 Å². The van der Waals surface area contributed by atoms with Gasteiger partial charge in [0.25, 0.3) is 5.91 Å². The number of halogens is 1. The Balaban J connectivity index is 0.00000300. The number of nitrogens with zero attached hydrogens (tertiary/aromatic N) is 5. The van der Waals surface area contributed by atoms with Crippen LogP contribution in [0.25, 0.3) is 0 Å². The van der Waals surface area contributed by atoms with Crippen molar-refractivity contribution >= 4 is 47.2 Å². The van der Waals surface area contributed by atoms with Gasteiger partial charge in [-0.05, 0) is 13.8 Å². The number of piperazine rings is 1. The van der Waals surface area contributed by atoms with Gasteiger partial charge >= 0.3 is 0 Å². The monoisotopic (exact) mass is 533 g/mol. The van der Waals surface area contributed by atoms with E-state index in [0.29, 0.717) is 18.0 Å². The zero-order chi connectivity index (χ0) is 19.8. The van der Waals surface area contributed by atoms with E-state index in [1.54, 1.807) is 11.8 Å². The van der Waals surface area contributed by atoms with Crippen molar-refractivity contribution in [3.63, 3.8) is 0 Å². The van der Waals surface area contributed by atoms with Gasteiger partial charge in [-0.2, -0.15) is 0 Å². The molecule has 1 saturated heterocycles. The molecule has 0 aliphatic carbocycles. The molecule has 2 N–H and O–H groups in total. The van der Waals surface area contributed by atoms with Crippen molar-refractivity contribution in [1.82, 2.24) is 30.6 Å². The molecule has 29 heavy (non-hydrogen) atoms. The summed E-state index contributed by atoms with van der Waals surface area (Å²) in [5, 5.41) is 10.2. The summed E-state index contributed by atoms with van der Waals surface area (Å²) in [4.78, 5) is 26.2. The molecule has 3 heterocycles. The number of carbonyl (C=O) groups excluding carboxylic acids is 1. The van der Waals surface area contributed by atoms with Crippen LogP contribution in [-0.2, 0) is 6.54 Å². The van der Waals surface area contributed by atoms with Crippen molar-refractivity contribution in [2.45, 2.75) is 20.4 Å². The number of thiazole rings is 1. The lowest BCUT2D eigenvalue weighted by molar-refractivity contribution is 0.0958. The summed E-state index contributed by atoms with van der Waals surface area (Å²) >= 11 is 1.36. The van der Waals surface area contributed by atoms with Gasteiger partial charge in [0.1, 0.15) is 11.1 Å². The number of aromatic nitrogens is 2. The number of hydrogen-bond acceptors (Lipinski definition) is 7. The Bertz CT molecular complexity index is 773. The molecule has 1 aliphatic heterocycles. The molecule has 3 rings (SSSR count). The Hall–Kier alpha value is -1.73. The molecule has 0 spiro atoms. The van der Waals surface area contributed by atoms with Crippen molar-refractivity contribution in [1.29, 1.82) is 0 Å². The summed E-state index contributed by atoms with van der Waals surface area (Å²) in [5.41, 5.74) is 3.41. The highest BCUT2D eigenvalue weighted by Crippen LogP contribution is 2.11. The van der Waals surface area contributed by atoms with Crippen LogP contribution >= 0.6 is 35.3 Å². The molecule has 2 aromatic heterocycles. The first-order valence-corrected chi connectivity index (χ1v) is 10.4. The van der Waals surface area contributed by atoms with Crippen LogP contribution in [0.5, 0.6) is 0 Å². The fourth-order valence-corrected chi connectivity index (χ4v) is 3.74. The molecule has 0 aromatic carbocycles. The van der Waals surface area contributed by atoms with E-state index in [1.165, 1.54) is 11.3 Å². The number of aryl methyl sites for hydroxylation is 1. The first-order chi connectivity index (χ1) is 13.7. The molecular formula is C18H28IN7O2S. The molecule has 11 heteroatoms. The van der Waals surface area contributed by atoms with E-state index >= 15 is 0 Å². The van der Waals surface area contributed by atoms with Crippen molar-refractivity contribution in [3.8, 4) is 0 Å². The largest absolute Gasteiger partial charge is 0.364 e. The molecule has 0 radical (unpaired) electrons. The van der Waals surface area contributed by atoms with Gasteiger partial charge in [-0.3, -0.25) is 14.7 Å². The normalized spacial score (nSPS) is 15.1. The smallest absolute Gasteiger partial charge is 0.263 e. The molecule has 9 nitrogen and oxygen atoms in total. The van der Waals surface area contributed by atoms with E-state index in [-0.39, 0.29) is 29.9 Å².